The largest absolute Gasteiger partial charge is 0.377 e. The van der Waals surface area contributed by atoms with Gasteiger partial charge in [-0.05, 0) is 42.2 Å². The van der Waals surface area contributed by atoms with Crippen molar-refractivity contribution >= 4 is 23.2 Å². The molecule has 0 spiro atoms. The fourth-order valence-electron chi connectivity index (χ4n) is 3.55. The highest BCUT2D eigenvalue weighted by Gasteiger charge is 2.23. The molecule has 1 N–H and O–H groups in total. The third-order valence-corrected chi connectivity index (χ3v) is 5.12. The summed E-state index contributed by atoms with van der Waals surface area (Å²) in [4.78, 5) is 29.0. The summed E-state index contributed by atoms with van der Waals surface area (Å²) in [6.07, 6.45) is 0.467. The lowest BCUT2D eigenvalue weighted by Gasteiger charge is -2.31. The summed E-state index contributed by atoms with van der Waals surface area (Å²) in [6, 6.07) is 15.7. The molecule has 2 aromatic carbocycles. The Hall–Kier alpha value is -2.86. The summed E-state index contributed by atoms with van der Waals surface area (Å²) in [5, 5.41) is 2.98. The van der Waals surface area contributed by atoms with E-state index in [4.69, 9.17) is 4.74 Å². The first kappa shape index (κ1) is 24.4. The van der Waals surface area contributed by atoms with Crippen molar-refractivity contribution in [2.45, 2.75) is 39.8 Å². The van der Waals surface area contributed by atoms with Gasteiger partial charge >= 0.3 is 0 Å². The Morgan fingerprint density at radius 3 is 2.29 bits per heavy atom. The topological polar surface area (TPSA) is 61.9 Å². The monoisotopic (exact) mass is 425 g/mol. The summed E-state index contributed by atoms with van der Waals surface area (Å²) < 4.78 is 5.14. The molecule has 31 heavy (non-hydrogen) atoms. The summed E-state index contributed by atoms with van der Waals surface area (Å²) in [5.41, 5.74) is 3.74. The van der Waals surface area contributed by atoms with Gasteiger partial charge in [0, 0.05) is 45.5 Å². The maximum absolute atomic E-state index is 12.9. The number of nitrogens with zero attached hydrogens (tertiary/aromatic N) is 2. The summed E-state index contributed by atoms with van der Waals surface area (Å²) in [6.45, 7) is 6.47. The zero-order valence-electron chi connectivity index (χ0n) is 19.5. The number of ether oxygens (including phenoxy) is 1. The van der Waals surface area contributed by atoms with Crippen LogP contribution < -0.4 is 10.2 Å². The Bertz CT molecular complexity index is 866. The van der Waals surface area contributed by atoms with Gasteiger partial charge < -0.3 is 19.9 Å². The molecular formula is C25H35N3O3. The minimum atomic E-state index is -0.127. The third kappa shape index (κ3) is 7.10. The fourth-order valence-corrected chi connectivity index (χ4v) is 3.55. The number of nitrogens with one attached hydrogen (secondary N) is 1. The van der Waals surface area contributed by atoms with Crippen molar-refractivity contribution in [3.05, 3.63) is 59.7 Å². The molecule has 0 fully saturated rings. The molecule has 6 nitrogen and oxygen atoms in total. The highest BCUT2D eigenvalue weighted by Crippen LogP contribution is 2.29. The normalized spacial score (nSPS) is 11.8. The van der Waals surface area contributed by atoms with Crippen molar-refractivity contribution in [3.8, 4) is 0 Å². The van der Waals surface area contributed by atoms with Crippen LogP contribution in [0.2, 0.25) is 0 Å². The minimum absolute atomic E-state index is 0.0106. The molecule has 2 aromatic rings. The number of carbonyl (C=O) groups excluding carboxylic acids is 2. The van der Waals surface area contributed by atoms with Gasteiger partial charge in [0.05, 0.1) is 6.04 Å². The van der Waals surface area contributed by atoms with Crippen LogP contribution >= 0.6 is 0 Å². The van der Waals surface area contributed by atoms with E-state index in [9.17, 15) is 9.59 Å². The molecule has 0 aromatic heterocycles. The molecule has 168 valence electrons. The van der Waals surface area contributed by atoms with E-state index in [-0.39, 0.29) is 30.4 Å². The minimum Gasteiger partial charge on any atom is -0.377 e. The molecule has 0 saturated carbocycles. The Kier molecular flexibility index (Phi) is 9.06. The highest BCUT2D eigenvalue weighted by atomic mass is 16.5. The van der Waals surface area contributed by atoms with E-state index in [1.165, 1.54) is 7.11 Å². The number of hydrogen-bond donors (Lipinski definition) is 1. The molecule has 2 rings (SSSR count). The van der Waals surface area contributed by atoms with Gasteiger partial charge in [-0.25, -0.2) is 0 Å². The number of anilines is 2. The van der Waals surface area contributed by atoms with Gasteiger partial charge in [-0.3, -0.25) is 9.59 Å². The first-order valence-electron chi connectivity index (χ1n) is 10.7. The van der Waals surface area contributed by atoms with Crippen molar-refractivity contribution in [3.63, 3.8) is 0 Å². The Balaban J connectivity index is 2.37. The van der Waals surface area contributed by atoms with Crippen LogP contribution in [0.3, 0.4) is 0 Å². The van der Waals surface area contributed by atoms with Crippen LogP contribution in [0.15, 0.2) is 48.5 Å². The average molecular weight is 426 g/mol. The van der Waals surface area contributed by atoms with Gasteiger partial charge in [-0.2, -0.15) is 0 Å². The lowest BCUT2D eigenvalue weighted by atomic mass is 10.0. The van der Waals surface area contributed by atoms with Crippen LogP contribution in [0.1, 0.15) is 44.4 Å². The van der Waals surface area contributed by atoms with Crippen molar-refractivity contribution < 1.29 is 14.3 Å². The Labute approximate surface area is 186 Å². The first-order valence-corrected chi connectivity index (χ1v) is 10.7. The molecule has 0 radical (unpaired) electrons. The van der Waals surface area contributed by atoms with E-state index in [1.807, 2.05) is 93.2 Å². The van der Waals surface area contributed by atoms with Crippen LogP contribution in [-0.2, 0) is 20.9 Å². The smallest absolute Gasteiger partial charge is 0.249 e. The van der Waals surface area contributed by atoms with E-state index in [0.29, 0.717) is 13.0 Å². The molecule has 2 amide bonds. The van der Waals surface area contributed by atoms with Gasteiger partial charge in [0.15, 0.2) is 0 Å². The Morgan fingerprint density at radius 1 is 1.03 bits per heavy atom. The van der Waals surface area contributed by atoms with E-state index < -0.39 is 0 Å². The van der Waals surface area contributed by atoms with Gasteiger partial charge in [0.2, 0.25) is 11.8 Å². The second kappa shape index (κ2) is 11.5. The van der Waals surface area contributed by atoms with Gasteiger partial charge in [0.25, 0.3) is 0 Å². The van der Waals surface area contributed by atoms with E-state index in [1.54, 1.807) is 0 Å². The zero-order valence-corrected chi connectivity index (χ0v) is 19.5. The quantitative estimate of drug-likeness (QED) is 0.610. The Morgan fingerprint density at radius 2 is 1.71 bits per heavy atom. The van der Waals surface area contributed by atoms with E-state index in [2.05, 4.69) is 5.32 Å². The average Bonchev–Trinajstić information content (AvgIpc) is 2.71. The van der Waals surface area contributed by atoms with Crippen molar-refractivity contribution in [1.29, 1.82) is 0 Å². The second-order valence-corrected chi connectivity index (χ2v) is 8.43. The van der Waals surface area contributed by atoms with Crippen LogP contribution in [0.25, 0.3) is 0 Å². The highest BCUT2D eigenvalue weighted by molar-refractivity contribution is 5.91. The maximum atomic E-state index is 12.9. The number of carbonyl (C=O) groups is 2. The molecule has 0 aliphatic carbocycles. The molecule has 1 atom stereocenters. The standard InChI is InChI=1S/C25H35N3O3/c1-18(2)14-24(29)26-22-12-13-23(27(4)5)21(15-22)16-28(25(30)17-31-6)19(3)20-10-8-7-9-11-20/h7-13,15,18-19H,14,16-17H2,1-6H3,(H,26,29)/t19-/m0/s1. The molecule has 0 bridgehead atoms. The summed E-state index contributed by atoms with van der Waals surface area (Å²) in [7, 11) is 5.47. The van der Waals surface area contributed by atoms with E-state index >= 15 is 0 Å². The van der Waals surface area contributed by atoms with Gasteiger partial charge in [0.1, 0.15) is 6.61 Å². The number of rotatable bonds is 10. The van der Waals surface area contributed by atoms with Gasteiger partial charge in [-0.1, -0.05) is 44.2 Å². The molecule has 0 aliphatic heterocycles. The SMILES string of the molecule is COCC(=O)N(Cc1cc(NC(=O)CC(C)C)ccc1N(C)C)[C@@H](C)c1ccccc1. The van der Waals surface area contributed by atoms with Gasteiger partial charge in [-0.15, -0.1) is 0 Å². The molecular weight excluding hydrogens is 390 g/mol. The van der Waals surface area contributed by atoms with Crippen LogP contribution in [0, 0.1) is 5.92 Å². The third-order valence-electron chi connectivity index (χ3n) is 5.12. The number of amides is 2. The molecule has 0 saturated heterocycles. The first-order chi connectivity index (χ1) is 14.7. The number of hydrogen-bond acceptors (Lipinski definition) is 4. The molecule has 6 heteroatoms. The zero-order chi connectivity index (χ0) is 23.0. The summed E-state index contributed by atoms with van der Waals surface area (Å²) in [5.74, 6) is 0.190. The lowest BCUT2D eigenvalue weighted by molar-refractivity contribution is -0.138. The van der Waals surface area contributed by atoms with Crippen LogP contribution in [0.4, 0.5) is 11.4 Å². The molecule has 0 heterocycles. The predicted molar refractivity (Wildman–Crippen MR) is 126 cm³/mol. The fraction of sp³-hybridized carbons (Fsp3) is 0.440. The van der Waals surface area contributed by atoms with Crippen LogP contribution in [-0.4, -0.2) is 44.5 Å². The summed E-state index contributed by atoms with van der Waals surface area (Å²) >= 11 is 0. The van der Waals surface area contributed by atoms with Crippen LogP contribution in [0.5, 0.6) is 0 Å². The van der Waals surface area contributed by atoms with Crippen molar-refractivity contribution in [1.82, 2.24) is 4.90 Å². The number of benzene rings is 2. The predicted octanol–water partition coefficient (Wildman–Crippen LogP) is 4.47. The van der Waals surface area contributed by atoms with Crippen molar-refractivity contribution in [2.24, 2.45) is 5.92 Å². The molecule has 0 unspecified atom stereocenters. The van der Waals surface area contributed by atoms with E-state index in [0.717, 1.165) is 22.5 Å². The van der Waals surface area contributed by atoms with Crippen molar-refractivity contribution in [2.75, 3.05) is 38.0 Å². The second-order valence-electron chi connectivity index (χ2n) is 8.43. The molecule has 0 aliphatic rings. The number of methoxy groups -OCH3 is 1. The maximum Gasteiger partial charge on any atom is 0.249 e. The lowest BCUT2D eigenvalue weighted by Crippen LogP contribution is -2.36.